The number of hydrogen-bond donors (Lipinski definition) is 2. The molecular weight excluding hydrogens is 337 g/mol. The van der Waals surface area contributed by atoms with Gasteiger partial charge in [-0.1, -0.05) is 15.9 Å². The maximum atomic E-state index is 12.5. The van der Waals surface area contributed by atoms with E-state index in [2.05, 4.69) is 21.2 Å². The van der Waals surface area contributed by atoms with E-state index in [4.69, 9.17) is 5.14 Å². The molecule has 0 saturated carbocycles. The van der Waals surface area contributed by atoms with Crippen LogP contribution in [0.4, 0.5) is 18.9 Å². The van der Waals surface area contributed by atoms with Crippen molar-refractivity contribution >= 4 is 31.6 Å². The van der Waals surface area contributed by atoms with Crippen LogP contribution < -0.4 is 10.5 Å². The number of primary sulfonamides is 1. The molecule has 4 nitrogen and oxygen atoms in total. The van der Waals surface area contributed by atoms with Gasteiger partial charge in [0, 0.05) is 16.7 Å². The van der Waals surface area contributed by atoms with Crippen LogP contribution >= 0.6 is 15.9 Å². The molecule has 0 aliphatic rings. The minimum atomic E-state index is -4.46. The Balaban J connectivity index is 2.81. The Labute approximate surface area is 111 Å². The zero-order valence-corrected chi connectivity index (χ0v) is 11.4. The monoisotopic (exact) mass is 346 g/mol. The van der Waals surface area contributed by atoms with E-state index >= 15 is 0 Å². The van der Waals surface area contributed by atoms with Crippen molar-refractivity contribution < 1.29 is 21.6 Å². The van der Waals surface area contributed by atoms with Crippen molar-refractivity contribution in [3.05, 3.63) is 28.2 Å². The van der Waals surface area contributed by atoms with Gasteiger partial charge in [-0.25, -0.2) is 13.6 Å². The first-order valence-electron chi connectivity index (χ1n) is 4.70. The molecule has 102 valence electrons. The van der Waals surface area contributed by atoms with E-state index in [-0.39, 0.29) is 22.5 Å². The number of rotatable bonds is 4. The number of nitrogens with two attached hydrogens (primary N) is 1. The Kier molecular flexibility index (Phi) is 4.62. The number of alkyl halides is 3. The van der Waals surface area contributed by atoms with Crippen LogP contribution in [0.5, 0.6) is 0 Å². The molecule has 1 aromatic rings. The third-order valence-electron chi connectivity index (χ3n) is 1.94. The van der Waals surface area contributed by atoms with Crippen LogP contribution in [0.3, 0.4) is 0 Å². The molecule has 0 spiro atoms. The summed E-state index contributed by atoms with van der Waals surface area (Å²) in [6, 6.07) is 3.25. The minimum Gasteiger partial charge on any atom is -0.384 e. The van der Waals surface area contributed by atoms with Crippen molar-refractivity contribution in [1.82, 2.24) is 0 Å². The number of hydrogen-bond acceptors (Lipinski definition) is 3. The molecule has 18 heavy (non-hydrogen) atoms. The van der Waals surface area contributed by atoms with E-state index in [1.54, 1.807) is 0 Å². The van der Waals surface area contributed by atoms with E-state index in [0.717, 1.165) is 12.1 Å². The maximum Gasteiger partial charge on any atom is 0.416 e. The molecule has 0 atom stereocenters. The molecule has 1 aromatic carbocycles. The highest BCUT2D eigenvalue weighted by atomic mass is 79.9. The van der Waals surface area contributed by atoms with Crippen molar-refractivity contribution in [3.8, 4) is 0 Å². The Morgan fingerprint density at radius 1 is 1.28 bits per heavy atom. The molecule has 3 N–H and O–H groups in total. The van der Waals surface area contributed by atoms with Gasteiger partial charge in [-0.3, -0.25) is 0 Å². The SMILES string of the molecule is NS(=O)(=O)CCNc1cc(Br)cc(C(F)(F)F)c1. The van der Waals surface area contributed by atoms with Crippen molar-refractivity contribution in [2.24, 2.45) is 5.14 Å². The number of sulfonamides is 1. The summed E-state index contributed by atoms with van der Waals surface area (Å²) < 4.78 is 59.1. The van der Waals surface area contributed by atoms with Gasteiger partial charge < -0.3 is 5.32 Å². The molecule has 0 bridgehead atoms. The van der Waals surface area contributed by atoms with E-state index in [9.17, 15) is 21.6 Å². The van der Waals surface area contributed by atoms with Gasteiger partial charge in [-0.05, 0) is 18.2 Å². The normalized spacial score (nSPS) is 12.5. The summed E-state index contributed by atoms with van der Waals surface area (Å²) in [7, 11) is -3.64. The van der Waals surface area contributed by atoms with Gasteiger partial charge in [0.25, 0.3) is 0 Å². The van der Waals surface area contributed by atoms with Crippen molar-refractivity contribution in [2.45, 2.75) is 6.18 Å². The summed E-state index contributed by atoms with van der Waals surface area (Å²) in [5, 5.41) is 7.34. The molecule has 0 fully saturated rings. The lowest BCUT2D eigenvalue weighted by atomic mass is 10.2. The second-order valence-corrected chi connectivity index (χ2v) is 6.17. The van der Waals surface area contributed by atoms with E-state index in [1.807, 2.05) is 0 Å². The standard InChI is InChI=1S/C9H10BrF3N2O2S/c10-7-3-6(9(11,12)13)4-8(5-7)15-1-2-18(14,16)17/h3-5,15H,1-2H2,(H2,14,16,17). The predicted octanol–water partition coefficient (Wildman–Crippen LogP) is 2.17. The fraction of sp³-hybridized carbons (Fsp3) is 0.333. The molecule has 0 radical (unpaired) electrons. The largest absolute Gasteiger partial charge is 0.416 e. The maximum absolute atomic E-state index is 12.5. The highest BCUT2D eigenvalue weighted by Gasteiger charge is 2.31. The van der Waals surface area contributed by atoms with E-state index in [1.165, 1.54) is 6.07 Å². The van der Waals surface area contributed by atoms with Crippen LogP contribution in [0.25, 0.3) is 0 Å². The molecular formula is C9H10BrF3N2O2S. The first-order valence-corrected chi connectivity index (χ1v) is 7.21. The van der Waals surface area contributed by atoms with Gasteiger partial charge in [-0.15, -0.1) is 0 Å². The predicted molar refractivity (Wildman–Crippen MR) is 65.6 cm³/mol. The fourth-order valence-corrected chi connectivity index (χ4v) is 2.07. The first-order chi connectivity index (χ1) is 8.08. The van der Waals surface area contributed by atoms with E-state index < -0.39 is 21.8 Å². The van der Waals surface area contributed by atoms with Gasteiger partial charge in [-0.2, -0.15) is 13.2 Å². The number of halogens is 4. The minimum absolute atomic E-state index is 0.0629. The molecule has 0 saturated heterocycles. The topological polar surface area (TPSA) is 72.2 Å². The van der Waals surface area contributed by atoms with E-state index in [0.29, 0.717) is 0 Å². The summed E-state index contributed by atoms with van der Waals surface area (Å²) in [4.78, 5) is 0. The van der Waals surface area contributed by atoms with Gasteiger partial charge >= 0.3 is 6.18 Å². The molecule has 0 aromatic heterocycles. The van der Waals surface area contributed by atoms with Crippen LogP contribution in [0.1, 0.15) is 5.56 Å². The van der Waals surface area contributed by atoms with Gasteiger partial charge in [0.1, 0.15) is 0 Å². The van der Waals surface area contributed by atoms with Gasteiger partial charge in [0.2, 0.25) is 10.0 Å². The summed E-state index contributed by atoms with van der Waals surface area (Å²) in [5.74, 6) is -0.360. The fourth-order valence-electron chi connectivity index (χ4n) is 1.19. The summed E-state index contributed by atoms with van der Waals surface area (Å²) >= 11 is 2.95. The second-order valence-electron chi connectivity index (χ2n) is 3.52. The number of anilines is 1. The van der Waals surface area contributed by atoms with Crippen molar-refractivity contribution in [3.63, 3.8) is 0 Å². The molecule has 0 heterocycles. The Hall–Kier alpha value is -0.800. The van der Waals surface area contributed by atoms with Crippen LogP contribution in [0.15, 0.2) is 22.7 Å². The molecule has 0 unspecified atom stereocenters. The third kappa shape index (κ3) is 5.23. The molecule has 0 amide bonds. The van der Waals surface area contributed by atoms with Crippen molar-refractivity contribution in [2.75, 3.05) is 17.6 Å². The average Bonchev–Trinajstić information content (AvgIpc) is 2.13. The summed E-state index contributed by atoms with van der Waals surface area (Å²) in [6.45, 7) is -0.0629. The highest BCUT2D eigenvalue weighted by molar-refractivity contribution is 9.10. The molecule has 1 rings (SSSR count). The zero-order chi connectivity index (χ0) is 14.0. The van der Waals surface area contributed by atoms with Crippen molar-refractivity contribution in [1.29, 1.82) is 0 Å². The van der Waals surface area contributed by atoms with Gasteiger partial charge in [0.15, 0.2) is 0 Å². The molecule has 9 heteroatoms. The smallest absolute Gasteiger partial charge is 0.384 e. The summed E-state index contributed by atoms with van der Waals surface area (Å²) in [6.07, 6.45) is -4.46. The average molecular weight is 347 g/mol. The summed E-state index contributed by atoms with van der Waals surface area (Å²) in [5.41, 5.74) is -0.657. The number of nitrogens with one attached hydrogen (secondary N) is 1. The Bertz CT molecular complexity index is 531. The van der Waals surface area contributed by atoms with Gasteiger partial charge in [0.05, 0.1) is 11.3 Å². The molecule has 0 aliphatic carbocycles. The van der Waals surface area contributed by atoms with Crippen LogP contribution in [-0.4, -0.2) is 20.7 Å². The Morgan fingerprint density at radius 3 is 2.39 bits per heavy atom. The van der Waals surface area contributed by atoms with Crippen LogP contribution in [0, 0.1) is 0 Å². The van der Waals surface area contributed by atoms with Crippen LogP contribution in [-0.2, 0) is 16.2 Å². The zero-order valence-electron chi connectivity index (χ0n) is 8.96. The lowest BCUT2D eigenvalue weighted by Gasteiger charge is -2.11. The highest BCUT2D eigenvalue weighted by Crippen LogP contribution is 2.33. The first kappa shape index (κ1) is 15.3. The lowest BCUT2D eigenvalue weighted by Crippen LogP contribution is -2.22. The quantitative estimate of drug-likeness (QED) is 0.877. The lowest BCUT2D eigenvalue weighted by molar-refractivity contribution is -0.137. The second kappa shape index (κ2) is 5.45. The Morgan fingerprint density at radius 2 is 1.89 bits per heavy atom. The number of benzene rings is 1. The molecule has 0 aliphatic heterocycles. The third-order valence-corrected chi connectivity index (χ3v) is 3.17. The van der Waals surface area contributed by atoms with Crippen LogP contribution in [0.2, 0.25) is 0 Å².